The van der Waals surface area contributed by atoms with Gasteiger partial charge in [0.25, 0.3) is 0 Å². The molecule has 1 aromatic carbocycles. The molecule has 18 heavy (non-hydrogen) atoms. The van der Waals surface area contributed by atoms with Gasteiger partial charge >= 0.3 is 11.8 Å². The normalized spacial score (nSPS) is 9.56. The van der Waals surface area contributed by atoms with Crippen LogP contribution in [0.4, 0.5) is 5.69 Å². The van der Waals surface area contributed by atoms with E-state index in [1.165, 1.54) is 18.2 Å². The molecule has 96 valence electrons. The monoisotopic (exact) mass is 287 g/mol. The van der Waals surface area contributed by atoms with Gasteiger partial charge in [0.15, 0.2) is 0 Å². The number of halogens is 2. The Kier molecular flexibility index (Phi) is 5.12. The summed E-state index contributed by atoms with van der Waals surface area (Å²) in [6.07, 6.45) is 0. The summed E-state index contributed by atoms with van der Waals surface area (Å²) >= 11 is 11.5. The van der Waals surface area contributed by atoms with Crippen LogP contribution in [0.2, 0.25) is 10.0 Å². The van der Waals surface area contributed by atoms with Gasteiger partial charge in [-0.05, 0) is 32.0 Å². The maximum absolute atomic E-state index is 11.5. The molecule has 2 N–H and O–H groups in total. The van der Waals surface area contributed by atoms with Crippen molar-refractivity contribution in [1.29, 1.82) is 0 Å². The summed E-state index contributed by atoms with van der Waals surface area (Å²) in [7, 11) is 0. The van der Waals surface area contributed by atoms with Gasteiger partial charge in [-0.25, -0.2) is 5.43 Å². The first-order valence-electron chi connectivity index (χ1n) is 4.97. The number of hydrogen-bond donors (Lipinski definition) is 2. The van der Waals surface area contributed by atoms with Crippen LogP contribution in [-0.2, 0) is 9.59 Å². The van der Waals surface area contributed by atoms with E-state index in [9.17, 15) is 9.59 Å². The Balaban J connectivity index is 2.67. The van der Waals surface area contributed by atoms with E-state index >= 15 is 0 Å². The van der Waals surface area contributed by atoms with Gasteiger partial charge < -0.3 is 5.32 Å². The zero-order valence-corrected chi connectivity index (χ0v) is 11.3. The molecule has 1 rings (SSSR count). The number of anilines is 1. The van der Waals surface area contributed by atoms with Crippen molar-refractivity contribution in [2.24, 2.45) is 5.10 Å². The molecule has 0 fully saturated rings. The van der Waals surface area contributed by atoms with E-state index in [1.54, 1.807) is 13.8 Å². The van der Waals surface area contributed by atoms with E-state index in [2.05, 4.69) is 15.8 Å². The first kappa shape index (κ1) is 14.5. The van der Waals surface area contributed by atoms with Gasteiger partial charge in [-0.1, -0.05) is 23.2 Å². The number of hydrogen-bond acceptors (Lipinski definition) is 3. The number of benzene rings is 1. The number of amides is 2. The van der Waals surface area contributed by atoms with Crippen molar-refractivity contribution in [3.05, 3.63) is 28.2 Å². The first-order valence-corrected chi connectivity index (χ1v) is 5.73. The third-order valence-corrected chi connectivity index (χ3v) is 2.50. The smallest absolute Gasteiger partial charge is 0.318 e. The van der Waals surface area contributed by atoms with Crippen molar-refractivity contribution in [3.8, 4) is 0 Å². The highest BCUT2D eigenvalue weighted by molar-refractivity contribution is 6.42. The van der Waals surface area contributed by atoms with E-state index in [0.717, 1.165) is 0 Å². The lowest BCUT2D eigenvalue weighted by Crippen LogP contribution is -2.32. The summed E-state index contributed by atoms with van der Waals surface area (Å²) in [6.45, 7) is 3.38. The maximum atomic E-state index is 11.5. The third-order valence-electron chi connectivity index (χ3n) is 1.76. The molecule has 0 spiro atoms. The van der Waals surface area contributed by atoms with Crippen LogP contribution in [0.25, 0.3) is 0 Å². The minimum Gasteiger partial charge on any atom is -0.318 e. The molecule has 0 saturated carbocycles. The van der Waals surface area contributed by atoms with Gasteiger partial charge in [-0.15, -0.1) is 0 Å². The first-order chi connectivity index (χ1) is 8.40. The zero-order chi connectivity index (χ0) is 13.7. The molecule has 0 unspecified atom stereocenters. The van der Waals surface area contributed by atoms with Gasteiger partial charge in [0.2, 0.25) is 0 Å². The molecule has 7 heteroatoms. The Morgan fingerprint density at radius 3 is 2.33 bits per heavy atom. The second kappa shape index (κ2) is 6.37. The Labute approximate surface area is 114 Å². The van der Waals surface area contributed by atoms with E-state index in [1.807, 2.05) is 0 Å². The quantitative estimate of drug-likeness (QED) is 0.498. The number of nitrogens with one attached hydrogen (secondary N) is 2. The van der Waals surface area contributed by atoms with Gasteiger partial charge in [0.05, 0.1) is 10.0 Å². The van der Waals surface area contributed by atoms with Gasteiger partial charge in [-0.3, -0.25) is 9.59 Å². The average molecular weight is 288 g/mol. The van der Waals surface area contributed by atoms with Crippen LogP contribution >= 0.6 is 23.2 Å². The molecule has 0 radical (unpaired) electrons. The summed E-state index contributed by atoms with van der Waals surface area (Å²) in [4.78, 5) is 22.8. The standard InChI is InChI=1S/C11H11Cl2N3O2/c1-6(2)15-16-11(18)10(17)14-7-3-4-8(12)9(13)5-7/h3-5H,1-2H3,(H,14,17)(H,16,18). The van der Waals surface area contributed by atoms with Crippen molar-refractivity contribution in [1.82, 2.24) is 5.43 Å². The van der Waals surface area contributed by atoms with E-state index < -0.39 is 11.8 Å². The third kappa shape index (κ3) is 4.35. The molecular formula is C11H11Cl2N3O2. The molecule has 2 amide bonds. The number of rotatable bonds is 2. The lowest BCUT2D eigenvalue weighted by molar-refractivity contribution is -0.136. The second-order valence-corrected chi connectivity index (χ2v) is 4.40. The predicted molar refractivity (Wildman–Crippen MR) is 72.0 cm³/mol. The van der Waals surface area contributed by atoms with Crippen LogP contribution in [0, 0.1) is 0 Å². The number of carbonyl (C=O) groups is 2. The average Bonchev–Trinajstić information content (AvgIpc) is 2.30. The van der Waals surface area contributed by atoms with E-state index in [-0.39, 0.29) is 5.02 Å². The topological polar surface area (TPSA) is 70.6 Å². The van der Waals surface area contributed by atoms with Crippen LogP contribution in [0.5, 0.6) is 0 Å². The molecule has 1 aromatic rings. The Morgan fingerprint density at radius 1 is 1.11 bits per heavy atom. The Morgan fingerprint density at radius 2 is 1.78 bits per heavy atom. The van der Waals surface area contributed by atoms with Gasteiger partial charge in [0, 0.05) is 11.4 Å². The zero-order valence-electron chi connectivity index (χ0n) is 9.75. The van der Waals surface area contributed by atoms with Crippen LogP contribution in [0.1, 0.15) is 13.8 Å². The van der Waals surface area contributed by atoms with E-state index in [0.29, 0.717) is 16.4 Å². The van der Waals surface area contributed by atoms with Crippen molar-refractivity contribution >= 4 is 46.4 Å². The Hall–Kier alpha value is -1.59. The minimum absolute atomic E-state index is 0.289. The summed E-state index contributed by atoms with van der Waals surface area (Å²) in [6, 6.07) is 4.50. The lowest BCUT2D eigenvalue weighted by Gasteiger charge is -2.05. The highest BCUT2D eigenvalue weighted by atomic mass is 35.5. The lowest BCUT2D eigenvalue weighted by atomic mass is 10.3. The van der Waals surface area contributed by atoms with Crippen LogP contribution in [0.3, 0.4) is 0 Å². The molecule has 0 atom stereocenters. The van der Waals surface area contributed by atoms with Crippen molar-refractivity contribution in [2.45, 2.75) is 13.8 Å². The number of nitrogens with zero attached hydrogens (tertiary/aromatic N) is 1. The molecular weight excluding hydrogens is 277 g/mol. The fourth-order valence-electron chi connectivity index (χ4n) is 0.975. The fourth-order valence-corrected chi connectivity index (χ4v) is 1.27. The molecule has 5 nitrogen and oxygen atoms in total. The molecule has 0 bridgehead atoms. The van der Waals surface area contributed by atoms with Crippen LogP contribution < -0.4 is 10.7 Å². The fraction of sp³-hybridized carbons (Fsp3) is 0.182. The van der Waals surface area contributed by atoms with E-state index in [4.69, 9.17) is 23.2 Å². The molecule has 0 heterocycles. The molecule has 0 saturated heterocycles. The highest BCUT2D eigenvalue weighted by Crippen LogP contribution is 2.24. The van der Waals surface area contributed by atoms with Crippen molar-refractivity contribution in [2.75, 3.05) is 5.32 Å². The van der Waals surface area contributed by atoms with Gasteiger partial charge in [-0.2, -0.15) is 5.10 Å². The molecule has 0 aliphatic rings. The van der Waals surface area contributed by atoms with Crippen molar-refractivity contribution in [3.63, 3.8) is 0 Å². The molecule has 0 aliphatic heterocycles. The summed E-state index contributed by atoms with van der Waals surface area (Å²) in [5.74, 6) is -1.69. The SMILES string of the molecule is CC(C)=NNC(=O)C(=O)Nc1ccc(Cl)c(Cl)c1. The van der Waals surface area contributed by atoms with Gasteiger partial charge in [0.1, 0.15) is 0 Å². The summed E-state index contributed by atoms with van der Waals surface area (Å²) < 4.78 is 0. The molecule has 0 aromatic heterocycles. The largest absolute Gasteiger partial charge is 0.329 e. The highest BCUT2D eigenvalue weighted by Gasteiger charge is 2.13. The van der Waals surface area contributed by atoms with Crippen molar-refractivity contribution < 1.29 is 9.59 Å². The number of hydrazone groups is 1. The minimum atomic E-state index is -0.859. The summed E-state index contributed by atoms with van der Waals surface area (Å²) in [5.41, 5.74) is 3.11. The maximum Gasteiger partial charge on any atom is 0.329 e. The molecule has 0 aliphatic carbocycles. The Bertz CT molecular complexity index is 511. The van der Waals surface area contributed by atoms with Crippen LogP contribution in [-0.4, -0.2) is 17.5 Å². The summed E-state index contributed by atoms with van der Waals surface area (Å²) in [5, 5.41) is 6.65. The number of carbonyl (C=O) groups excluding carboxylic acids is 2. The van der Waals surface area contributed by atoms with Crippen LogP contribution in [0.15, 0.2) is 23.3 Å². The predicted octanol–water partition coefficient (Wildman–Crippen LogP) is 2.44. The second-order valence-electron chi connectivity index (χ2n) is 3.58.